The van der Waals surface area contributed by atoms with E-state index in [1.165, 1.54) is 0 Å². The van der Waals surface area contributed by atoms with Crippen molar-refractivity contribution in [1.29, 1.82) is 0 Å². The third-order valence-corrected chi connectivity index (χ3v) is 4.17. The minimum Gasteiger partial charge on any atom is -0.295 e. The maximum atomic E-state index is 12.1. The van der Waals surface area contributed by atoms with Crippen molar-refractivity contribution >= 4 is 11.6 Å². The molecule has 0 unspecified atom stereocenters. The molecule has 1 atom stereocenters. The molecule has 0 heterocycles. The van der Waals surface area contributed by atoms with Crippen LogP contribution in [0.1, 0.15) is 47.0 Å². The van der Waals surface area contributed by atoms with Crippen LogP contribution in [-0.4, -0.2) is 11.6 Å². The molecule has 0 aromatic heterocycles. The summed E-state index contributed by atoms with van der Waals surface area (Å²) < 4.78 is 0. The van der Waals surface area contributed by atoms with Gasteiger partial charge < -0.3 is 0 Å². The standard InChI is InChI=1S/C15H20O2/c1-9(2)11-7-12-10(3)13(16)5-6-15(12,4)8-14(11)17/h7,9H,5-6,8H2,1-4H3/t15-/m1/s1. The zero-order valence-electron chi connectivity index (χ0n) is 11.1. The van der Waals surface area contributed by atoms with E-state index in [9.17, 15) is 9.59 Å². The molecule has 0 aromatic carbocycles. The molecule has 0 amide bonds. The smallest absolute Gasteiger partial charge is 0.160 e. The molecule has 2 aliphatic carbocycles. The highest BCUT2D eigenvalue weighted by atomic mass is 16.1. The molecule has 0 saturated carbocycles. The van der Waals surface area contributed by atoms with E-state index >= 15 is 0 Å². The van der Waals surface area contributed by atoms with Crippen LogP contribution in [-0.2, 0) is 9.59 Å². The summed E-state index contributed by atoms with van der Waals surface area (Å²) in [7, 11) is 0. The van der Waals surface area contributed by atoms with E-state index in [-0.39, 0.29) is 22.9 Å². The van der Waals surface area contributed by atoms with Crippen LogP contribution in [0.15, 0.2) is 22.8 Å². The van der Waals surface area contributed by atoms with Gasteiger partial charge >= 0.3 is 0 Å². The van der Waals surface area contributed by atoms with Crippen molar-refractivity contribution in [1.82, 2.24) is 0 Å². The predicted octanol–water partition coefficient (Wildman–Crippen LogP) is 3.23. The van der Waals surface area contributed by atoms with Crippen LogP contribution in [0.3, 0.4) is 0 Å². The van der Waals surface area contributed by atoms with Gasteiger partial charge in [-0.15, -0.1) is 0 Å². The van der Waals surface area contributed by atoms with Crippen molar-refractivity contribution < 1.29 is 9.59 Å². The molecule has 0 aliphatic heterocycles. The highest BCUT2D eigenvalue weighted by Gasteiger charge is 2.40. The Labute approximate surface area is 103 Å². The zero-order chi connectivity index (χ0) is 12.8. The van der Waals surface area contributed by atoms with E-state index < -0.39 is 0 Å². The number of hydrogen-bond acceptors (Lipinski definition) is 2. The first-order valence-corrected chi connectivity index (χ1v) is 6.34. The first-order valence-electron chi connectivity index (χ1n) is 6.34. The van der Waals surface area contributed by atoms with Gasteiger partial charge in [0.05, 0.1) is 0 Å². The Balaban J connectivity index is 2.58. The maximum Gasteiger partial charge on any atom is 0.160 e. The SMILES string of the molecule is CC1=C2C=C(C(C)C)C(=O)C[C@@]2(C)CCC1=O. The van der Waals surface area contributed by atoms with Crippen LogP contribution in [0.4, 0.5) is 0 Å². The molecule has 0 spiro atoms. The number of fused-ring (bicyclic) bond motifs is 1. The number of allylic oxidation sites excluding steroid dienone is 4. The van der Waals surface area contributed by atoms with Gasteiger partial charge in [-0.25, -0.2) is 0 Å². The second-order valence-corrected chi connectivity index (χ2v) is 5.88. The Morgan fingerprint density at radius 2 is 1.88 bits per heavy atom. The molecule has 17 heavy (non-hydrogen) atoms. The molecule has 2 nitrogen and oxygen atoms in total. The van der Waals surface area contributed by atoms with E-state index in [1.54, 1.807) is 0 Å². The van der Waals surface area contributed by atoms with Gasteiger partial charge in [0, 0.05) is 18.3 Å². The monoisotopic (exact) mass is 232 g/mol. The summed E-state index contributed by atoms with van der Waals surface area (Å²) in [6.07, 6.45) is 3.95. The molecule has 92 valence electrons. The van der Waals surface area contributed by atoms with E-state index in [2.05, 4.69) is 6.92 Å². The number of hydrogen-bond donors (Lipinski definition) is 0. The Kier molecular flexibility index (Phi) is 2.84. The van der Waals surface area contributed by atoms with Crippen LogP contribution in [0, 0.1) is 11.3 Å². The molecule has 0 saturated heterocycles. The molecule has 2 aliphatic rings. The average Bonchev–Trinajstić information content (AvgIpc) is 2.23. The summed E-state index contributed by atoms with van der Waals surface area (Å²) in [5.41, 5.74) is 2.75. The fourth-order valence-corrected chi connectivity index (χ4v) is 2.96. The summed E-state index contributed by atoms with van der Waals surface area (Å²) in [6, 6.07) is 0. The lowest BCUT2D eigenvalue weighted by molar-refractivity contribution is -0.120. The first-order chi connectivity index (χ1) is 7.85. The minimum absolute atomic E-state index is 0.104. The largest absolute Gasteiger partial charge is 0.295 e. The Morgan fingerprint density at radius 3 is 2.47 bits per heavy atom. The van der Waals surface area contributed by atoms with Crippen LogP contribution in [0.25, 0.3) is 0 Å². The molecule has 2 heteroatoms. The van der Waals surface area contributed by atoms with Crippen molar-refractivity contribution in [2.75, 3.05) is 0 Å². The van der Waals surface area contributed by atoms with Crippen molar-refractivity contribution in [3.63, 3.8) is 0 Å². The topological polar surface area (TPSA) is 34.1 Å². The molecule has 2 rings (SSSR count). The van der Waals surface area contributed by atoms with Gasteiger partial charge in [-0.2, -0.15) is 0 Å². The maximum absolute atomic E-state index is 12.1. The van der Waals surface area contributed by atoms with Gasteiger partial charge in [-0.05, 0) is 36.0 Å². The number of ketones is 2. The van der Waals surface area contributed by atoms with Crippen LogP contribution < -0.4 is 0 Å². The summed E-state index contributed by atoms with van der Waals surface area (Å²) in [4.78, 5) is 23.9. The third kappa shape index (κ3) is 1.90. The lowest BCUT2D eigenvalue weighted by Gasteiger charge is -2.39. The number of Topliss-reactive ketones (excluding diaryl/α,β-unsaturated/α-hetero) is 2. The number of carbonyl (C=O) groups is 2. The summed E-state index contributed by atoms with van der Waals surface area (Å²) in [5, 5.41) is 0. The van der Waals surface area contributed by atoms with Crippen LogP contribution in [0.5, 0.6) is 0 Å². The van der Waals surface area contributed by atoms with Crippen molar-refractivity contribution in [2.45, 2.75) is 47.0 Å². The fourth-order valence-electron chi connectivity index (χ4n) is 2.96. The molecular weight excluding hydrogens is 212 g/mol. The van der Waals surface area contributed by atoms with E-state index in [4.69, 9.17) is 0 Å². The molecule has 0 radical (unpaired) electrons. The first kappa shape index (κ1) is 12.3. The molecule has 0 N–H and O–H groups in total. The summed E-state index contributed by atoms with van der Waals surface area (Å²) in [6.45, 7) is 8.09. The Hall–Kier alpha value is -1.18. The van der Waals surface area contributed by atoms with Crippen molar-refractivity contribution in [3.05, 3.63) is 22.8 Å². The van der Waals surface area contributed by atoms with Crippen LogP contribution in [0.2, 0.25) is 0 Å². The quantitative estimate of drug-likeness (QED) is 0.695. The minimum atomic E-state index is -0.104. The summed E-state index contributed by atoms with van der Waals surface area (Å²) in [5.74, 6) is 0.740. The van der Waals surface area contributed by atoms with Crippen molar-refractivity contribution in [2.24, 2.45) is 11.3 Å². The van der Waals surface area contributed by atoms with E-state index in [0.717, 1.165) is 23.1 Å². The van der Waals surface area contributed by atoms with Gasteiger partial charge in [-0.3, -0.25) is 9.59 Å². The lowest BCUT2D eigenvalue weighted by atomic mass is 9.64. The zero-order valence-corrected chi connectivity index (χ0v) is 11.1. The van der Waals surface area contributed by atoms with Gasteiger partial charge in [0.15, 0.2) is 11.6 Å². The molecule has 0 bridgehead atoms. The Morgan fingerprint density at radius 1 is 1.24 bits per heavy atom. The second kappa shape index (κ2) is 3.94. The highest BCUT2D eigenvalue weighted by molar-refractivity contribution is 6.02. The van der Waals surface area contributed by atoms with Gasteiger partial charge in [0.2, 0.25) is 0 Å². The van der Waals surface area contributed by atoms with E-state index in [1.807, 2.05) is 26.8 Å². The van der Waals surface area contributed by atoms with Gasteiger partial charge in [0.1, 0.15) is 0 Å². The average molecular weight is 232 g/mol. The normalized spacial score (nSPS) is 29.6. The summed E-state index contributed by atoms with van der Waals surface area (Å²) >= 11 is 0. The van der Waals surface area contributed by atoms with Gasteiger partial charge in [0.25, 0.3) is 0 Å². The second-order valence-electron chi connectivity index (χ2n) is 5.88. The molecule has 0 fully saturated rings. The van der Waals surface area contributed by atoms with Crippen molar-refractivity contribution in [3.8, 4) is 0 Å². The third-order valence-electron chi connectivity index (χ3n) is 4.17. The number of rotatable bonds is 1. The van der Waals surface area contributed by atoms with Crippen LogP contribution >= 0.6 is 0 Å². The lowest BCUT2D eigenvalue weighted by Crippen LogP contribution is -2.34. The molecule has 0 aromatic rings. The fraction of sp³-hybridized carbons (Fsp3) is 0.600. The Bertz CT molecular complexity index is 452. The number of carbonyl (C=O) groups excluding carboxylic acids is 2. The van der Waals surface area contributed by atoms with Gasteiger partial charge in [-0.1, -0.05) is 26.8 Å². The predicted molar refractivity (Wildman–Crippen MR) is 67.6 cm³/mol. The van der Waals surface area contributed by atoms with E-state index in [0.29, 0.717) is 12.8 Å². The highest BCUT2D eigenvalue weighted by Crippen LogP contribution is 2.47. The molecular formula is C15H20O2.